The molecule has 2 aromatic heterocycles. The van der Waals surface area contributed by atoms with E-state index in [-0.39, 0.29) is 11.7 Å². The maximum absolute atomic E-state index is 12.4. The number of hydrogen-bond acceptors (Lipinski definition) is 6. The first-order valence-electron chi connectivity index (χ1n) is 10.4. The van der Waals surface area contributed by atoms with Gasteiger partial charge in [-0.15, -0.1) is 10.2 Å². The van der Waals surface area contributed by atoms with E-state index in [4.69, 9.17) is 0 Å². The van der Waals surface area contributed by atoms with Crippen molar-refractivity contribution in [1.82, 2.24) is 15.2 Å². The summed E-state index contributed by atoms with van der Waals surface area (Å²) in [6.45, 7) is 2.04. The number of anilines is 1. The van der Waals surface area contributed by atoms with Crippen LogP contribution in [0.3, 0.4) is 0 Å². The number of hydrogen-bond donors (Lipinski definition) is 1. The minimum absolute atomic E-state index is 0.113. The van der Waals surface area contributed by atoms with E-state index in [9.17, 15) is 4.79 Å². The zero-order valence-electron chi connectivity index (χ0n) is 17.9. The lowest BCUT2D eigenvalue weighted by molar-refractivity contribution is -0.113. The molecule has 7 heteroatoms. The van der Waals surface area contributed by atoms with Gasteiger partial charge in [-0.25, -0.2) is 4.98 Å². The summed E-state index contributed by atoms with van der Waals surface area (Å²) >= 11 is 2.83. The topological polar surface area (TPSA) is 67.8 Å². The van der Waals surface area contributed by atoms with Gasteiger partial charge in [0.1, 0.15) is 5.03 Å². The molecule has 0 aliphatic heterocycles. The monoisotopic (exact) mass is 468 g/mol. The number of thioether (sulfide) groups is 1. The smallest absolute Gasteiger partial charge is 0.236 e. The Balaban J connectivity index is 1.18. The van der Waals surface area contributed by atoms with Gasteiger partial charge < -0.3 is 5.32 Å². The number of fused-ring (bicyclic) bond motifs is 1. The number of aromatic nitrogens is 3. The van der Waals surface area contributed by atoms with Crippen LogP contribution in [0.5, 0.6) is 0 Å². The molecule has 162 valence electrons. The van der Waals surface area contributed by atoms with Gasteiger partial charge in [-0.05, 0) is 47.9 Å². The number of amides is 1. The molecule has 1 amide bonds. The predicted octanol–water partition coefficient (Wildman–Crippen LogP) is 6.46. The third-order valence-corrected chi connectivity index (χ3v) is 6.92. The van der Waals surface area contributed by atoms with Crippen LogP contribution in [0.25, 0.3) is 32.6 Å². The first kappa shape index (κ1) is 21.3. The van der Waals surface area contributed by atoms with Crippen molar-refractivity contribution < 1.29 is 4.79 Å². The molecule has 0 spiro atoms. The van der Waals surface area contributed by atoms with Gasteiger partial charge in [-0.1, -0.05) is 83.8 Å². The molecule has 5 nitrogen and oxygen atoms in total. The van der Waals surface area contributed by atoms with Crippen LogP contribution in [0.1, 0.15) is 5.56 Å². The first-order valence-corrected chi connectivity index (χ1v) is 12.2. The van der Waals surface area contributed by atoms with Gasteiger partial charge in [0.05, 0.1) is 21.7 Å². The quantitative estimate of drug-likeness (QED) is 0.290. The maximum Gasteiger partial charge on any atom is 0.236 e. The van der Waals surface area contributed by atoms with Crippen molar-refractivity contribution in [3.8, 4) is 22.4 Å². The Morgan fingerprint density at radius 3 is 2.39 bits per heavy atom. The molecule has 5 aromatic rings. The Morgan fingerprint density at radius 2 is 1.64 bits per heavy atom. The highest BCUT2D eigenvalue weighted by Gasteiger charge is 2.10. The Labute approximate surface area is 199 Å². The highest BCUT2D eigenvalue weighted by Crippen LogP contribution is 2.27. The minimum Gasteiger partial charge on any atom is -0.301 e. The molecule has 0 bridgehead atoms. The second-order valence-electron chi connectivity index (χ2n) is 7.53. The van der Waals surface area contributed by atoms with Crippen molar-refractivity contribution in [3.05, 3.63) is 90.5 Å². The summed E-state index contributed by atoms with van der Waals surface area (Å²) in [5.74, 6) is 0.132. The van der Waals surface area contributed by atoms with Crippen molar-refractivity contribution in [1.29, 1.82) is 0 Å². The number of rotatable bonds is 6. The van der Waals surface area contributed by atoms with Gasteiger partial charge in [0, 0.05) is 5.56 Å². The van der Waals surface area contributed by atoms with E-state index in [0.29, 0.717) is 10.2 Å². The second-order valence-corrected chi connectivity index (χ2v) is 9.55. The zero-order valence-corrected chi connectivity index (χ0v) is 19.5. The fourth-order valence-corrected chi connectivity index (χ4v) is 4.99. The molecule has 0 fully saturated rings. The van der Waals surface area contributed by atoms with Crippen molar-refractivity contribution in [2.75, 3.05) is 11.1 Å². The molecule has 0 aliphatic carbocycles. The van der Waals surface area contributed by atoms with E-state index < -0.39 is 0 Å². The standard InChI is InChI=1S/C26H20N4OS2/c1-17-7-12-22-23(15-17)33-26(27-22)28-24(31)16-32-25-14-13-21(29-30-25)20-10-8-19(9-11-20)18-5-3-2-4-6-18/h2-15H,16H2,1H3,(H,27,28,31). The van der Waals surface area contributed by atoms with Crippen LogP contribution in [0.2, 0.25) is 0 Å². The average Bonchev–Trinajstić information content (AvgIpc) is 3.25. The van der Waals surface area contributed by atoms with Gasteiger partial charge >= 0.3 is 0 Å². The number of thiazole rings is 1. The van der Waals surface area contributed by atoms with Gasteiger partial charge in [0.15, 0.2) is 5.13 Å². The van der Waals surface area contributed by atoms with Gasteiger partial charge in [-0.2, -0.15) is 0 Å². The summed E-state index contributed by atoms with van der Waals surface area (Å²) in [6.07, 6.45) is 0. The number of nitrogens with zero attached hydrogens (tertiary/aromatic N) is 3. The number of benzene rings is 3. The van der Waals surface area contributed by atoms with E-state index in [0.717, 1.165) is 27.0 Å². The third-order valence-electron chi connectivity index (χ3n) is 5.07. The van der Waals surface area contributed by atoms with Gasteiger partial charge in [0.25, 0.3) is 0 Å². The molecular formula is C26H20N4OS2. The van der Waals surface area contributed by atoms with Crippen LogP contribution in [-0.2, 0) is 4.79 Å². The van der Waals surface area contributed by atoms with Gasteiger partial charge in [-0.3, -0.25) is 4.79 Å². The normalized spacial score (nSPS) is 10.9. The van der Waals surface area contributed by atoms with Crippen molar-refractivity contribution >= 4 is 44.4 Å². The molecular weight excluding hydrogens is 448 g/mol. The van der Waals surface area contributed by atoms with Crippen LogP contribution >= 0.6 is 23.1 Å². The highest BCUT2D eigenvalue weighted by atomic mass is 32.2. The summed E-state index contributed by atoms with van der Waals surface area (Å²) < 4.78 is 1.07. The Hall–Kier alpha value is -3.55. The molecule has 0 radical (unpaired) electrons. The number of aryl methyl sites for hydroxylation is 1. The summed E-state index contributed by atoms with van der Waals surface area (Å²) in [6, 6.07) is 28.4. The minimum atomic E-state index is -0.113. The van der Waals surface area contributed by atoms with Crippen molar-refractivity contribution in [2.45, 2.75) is 11.9 Å². The third kappa shape index (κ3) is 5.10. The molecule has 5 rings (SSSR count). The van der Waals surface area contributed by atoms with Crippen molar-refractivity contribution in [3.63, 3.8) is 0 Å². The van der Waals surface area contributed by atoms with E-state index in [1.54, 1.807) is 0 Å². The first-order chi connectivity index (χ1) is 16.1. The number of nitrogens with one attached hydrogen (secondary N) is 1. The molecule has 0 unspecified atom stereocenters. The SMILES string of the molecule is Cc1ccc2nc(NC(=O)CSc3ccc(-c4ccc(-c5ccccc5)cc4)nn3)sc2c1. The van der Waals surface area contributed by atoms with Crippen LogP contribution in [0, 0.1) is 6.92 Å². The summed E-state index contributed by atoms with van der Waals surface area (Å²) in [5.41, 5.74) is 6.21. The van der Waals surface area contributed by atoms with E-state index in [1.807, 2.05) is 61.5 Å². The second kappa shape index (κ2) is 9.52. The number of carbonyl (C=O) groups excluding carboxylic acids is 1. The largest absolute Gasteiger partial charge is 0.301 e. The molecule has 1 N–H and O–H groups in total. The van der Waals surface area contributed by atoms with Crippen LogP contribution in [0.4, 0.5) is 5.13 Å². The molecule has 0 aliphatic rings. The fourth-order valence-electron chi connectivity index (χ4n) is 3.40. The van der Waals surface area contributed by atoms with E-state index >= 15 is 0 Å². The molecule has 3 aromatic carbocycles. The molecule has 0 saturated heterocycles. The van der Waals surface area contributed by atoms with Crippen LogP contribution in [0.15, 0.2) is 90.0 Å². The lowest BCUT2D eigenvalue weighted by Gasteiger charge is -2.05. The van der Waals surface area contributed by atoms with E-state index in [2.05, 4.69) is 50.8 Å². The van der Waals surface area contributed by atoms with Crippen LogP contribution in [-0.4, -0.2) is 26.8 Å². The summed E-state index contributed by atoms with van der Waals surface area (Å²) in [4.78, 5) is 16.8. The number of carbonyl (C=O) groups is 1. The average molecular weight is 469 g/mol. The van der Waals surface area contributed by atoms with Crippen LogP contribution < -0.4 is 5.32 Å². The summed E-state index contributed by atoms with van der Waals surface area (Å²) in [7, 11) is 0. The molecule has 2 heterocycles. The zero-order chi connectivity index (χ0) is 22.6. The summed E-state index contributed by atoms with van der Waals surface area (Å²) in [5, 5.41) is 12.8. The fraction of sp³-hybridized carbons (Fsp3) is 0.0769. The van der Waals surface area contributed by atoms with Crippen molar-refractivity contribution in [2.24, 2.45) is 0 Å². The van der Waals surface area contributed by atoms with E-state index in [1.165, 1.54) is 34.2 Å². The Bertz CT molecular complexity index is 1400. The lowest BCUT2D eigenvalue weighted by Crippen LogP contribution is -2.13. The molecule has 0 saturated carbocycles. The predicted molar refractivity (Wildman–Crippen MR) is 137 cm³/mol. The maximum atomic E-state index is 12.4. The Kier molecular flexibility index (Phi) is 6.15. The lowest BCUT2D eigenvalue weighted by atomic mass is 10.0. The van der Waals surface area contributed by atoms with Gasteiger partial charge in [0.2, 0.25) is 5.91 Å². The molecule has 33 heavy (non-hydrogen) atoms. The Morgan fingerprint density at radius 1 is 0.879 bits per heavy atom. The molecule has 0 atom stereocenters. The highest BCUT2D eigenvalue weighted by molar-refractivity contribution is 7.99.